The molecule has 5 N–H and O–H groups in total. The summed E-state index contributed by atoms with van der Waals surface area (Å²) in [5.41, 5.74) is 16.6. The van der Waals surface area contributed by atoms with Gasteiger partial charge in [0, 0.05) is 16.7 Å². The molecule has 0 aliphatic heterocycles. The molecule has 0 saturated heterocycles. The van der Waals surface area contributed by atoms with Crippen LogP contribution in [-0.2, 0) is 6.42 Å². The summed E-state index contributed by atoms with van der Waals surface area (Å²) in [5, 5.41) is 16.7. The van der Waals surface area contributed by atoms with Gasteiger partial charge in [-0.1, -0.05) is 23.4 Å². The average Bonchev–Trinajstić information content (AvgIpc) is 3.26. The number of rotatable bonds is 3. The fraction of sp³-hybridized carbons (Fsp3) is 0.105. The van der Waals surface area contributed by atoms with Crippen LogP contribution < -0.4 is 11.5 Å². The second-order valence-electron chi connectivity index (χ2n) is 6.20. The lowest BCUT2D eigenvalue weighted by molar-refractivity contribution is 0.318. The number of nitrogens with zero attached hydrogens (tertiary/aromatic N) is 4. The highest BCUT2D eigenvalue weighted by atomic mass is 19.1. The monoisotopic (exact) mass is 364 g/mol. The zero-order chi connectivity index (χ0) is 19.0. The van der Waals surface area contributed by atoms with E-state index in [1.54, 1.807) is 18.3 Å². The summed E-state index contributed by atoms with van der Waals surface area (Å²) >= 11 is 0. The Morgan fingerprint density at radius 2 is 1.93 bits per heavy atom. The van der Waals surface area contributed by atoms with E-state index in [-0.39, 0.29) is 17.6 Å². The van der Waals surface area contributed by atoms with E-state index < -0.39 is 0 Å². The van der Waals surface area contributed by atoms with Gasteiger partial charge in [-0.2, -0.15) is 5.10 Å². The number of halogens is 1. The van der Waals surface area contributed by atoms with E-state index in [1.165, 1.54) is 16.8 Å². The third-order valence-electron chi connectivity index (χ3n) is 4.57. The Labute approximate surface area is 154 Å². The predicted molar refractivity (Wildman–Crippen MR) is 101 cm³/mol. The maximum Gasteiger partial charge on any atom is 0.221 e. The highest BCUT2D eigenvalue weighted by molar-refractivity contribution is 6.09. The minimum atomic E-state index is -0.310. The van der Waals surface area contributed by atoms with Crippen molar-refractivity contribution < 1.29 is 9.60 Å². The quantitative estimate of drug-likeness (QED) is 0.287. The Morgan fingerprint density at radius 1 is 1.15 bits per heavy atom. The van der Waals surface area contributed by atoms with Crippen LogP contribution in [0.15, 0.2) is 58.9 Å². The molecular formula is C19H17FN6O. The molecule has 0 unspecified atom stereocenters. The lowest BCUT2D eigenvalue weighted by atomic mass is 10.0. The highest BCUT2D eigenvalue weighted by Crippen LogP contribution is 2.27. The molecule has 4 rings (SSSR count). The number of benzene rings is 2. The van der Waals surface area contributed by atoms with Crippen LogP contribution in [0.3, 0.4) is 0 Å². The highest BCUT2D eigenvalue weighted by Gasteiger charge is 2.22. The van der Waals surface area contributed by atoms with Crippen LogP contribution in [0, 0.1) is 5.82 Å². The first-order chi connectivity index (χ1) is 13.1. The van der Waals surface area contributed by atoms with Gasteiger partial charge in [-0.05, 0) is 42.7 Å². The fourth-order valence-electron chi connectivity index (χ4n) is 3.26. The first kappa shape index (κ1) is 16.8. The van der Waals surface area contributed by atoms with Gasteiger partial charge in [0.05, 0.1) is 17.6 Å². The molecule has 0 radical (unpaired) electrons. The third-order valence-corrected chi connectivity index (χ3v) is 4.57. The van der Waals surface area contributed by atoms with Gasteiger partial charge in [-0.15, -0.1) is 0 Å². The van der Waals surface area contributed by atoms with E-state index in [4.69, 9.17) is 16.7 Å². The normalized spacial score (nSPS) is 15.3. The maximum absolute atomic E-state index is 13.1. The molecule has 1 aromatic heterocycles. The van der Waals surface area contributed by atoms with E-state index in [9.17, 15) is 4.39 Å². The number of nitrogens with two attached hydrogens (primary N) is 2. The average molecular weight is 364 g/mol. The van der Waals surface area contributed by atoms with Crippen molar-refractivity contribution >= 4 is 17.5 Å². The van der Waals surface area contributed by atoms with Crippen molar-refractivity contribution in [1.29, 1.82) is 0 Å². The molecule has 0 fully saturated rings. The fourth-order valence-corrected chi connectivity index (χ4v) is 3.26. The van der Waals surface area contributed by atoms with Gasteiger partial charge >= 0.3 is 0 Å². The molecule has 2 aromatic carbocycles. The molecule has 136 valence electrons. The van der Waals surface area contributed by atoms with Crippen molar-refractivity contribution in [2.24, 2.45) is 16.0 Å². The molecule has 3 aromatic rings. The first-order valence-electron chi connectivity index (χ1n) is 8.35. The van der Waals surface area contributed by atoms with Crippen LogP contribution in [0.2, 0.25) is 0 Å². The number of oxime groups is 1. The van der Waals surface area contributed by atoms with Crippen LogP contribution >= 0.6 is 0 Å². The topological polar surface area (TPSA) is 115 Å². The summed E-state index contributed by atoms with van der Waals surface area (Å²) in [5.74, 6) is 0.00663. The van der Waals surface area contributed by atoms with Crippen molar-refractivity contribution in [2.45, 2.75) is 12.8 Å². The molecule has 1 aliphatic rings. The van der Waals surface area contributed by atoms with Gasteiger partial charge in [0.25, 0.3) is 0 Å². The number of hydrogen-bond donors (Lipinski definition) is 3. The van der Waals surface area contributed by atoms with Crippen LogP contribution in [0.25, 0.3) is 11.3 Å². The summed E-state index contributed by atoms with van der Waals surface area (Å²) in [6, 6.07) is 11.6. The number of anilines is 1. The van der Waals surface area contributed by atoms with Crippen molar-refractivity contribution in [2.75, 3.05) is 5.73 Å². The first-order valence-corrected chi connectivity index (χ1v) is 8.35. The summed E-state index contributed by atoms with van der Waals surface area (Å²) < 4.78 is 14.6. The molecule has 0 atom stereocenters. The third kappa shape index (κ3) is 3.01. The van der Waals surface area contributed by atoms with E-state index >= 15 is 0 Å². The van der Waals surface area contributed by atoms with E-state index in [2.05, 4.69) is 15.2 Å². The predicted octanol–water partition coefficient (Wildman–Crippen LogP) is 2.56. The minimum absolute atomic E-state index is 0.0776. The SMILES string of the molecule is NC(=NO)c1cccc2c1CCC2=Nn1cc(-c2ccc(F)cc2)nc1N. The lowest BCUT2D eigenvalue weighted by Gasteiger charge is -2.06. The second kappa shape index (κ2) is 6.56. The molecule has 7 nitrogen and oxygen atoms in total. The standard InChI is InChI=1S/C19H17FN6O/c20-12-6-4-11(5-7-12)17-10-26(19(22)23-17)24-16-9-8-13-14(16)2-1-3-15(13)18(21)25-27/h1-7,10,27H,8-9H2,(H2,21,25)(H2,22,23). The Kier molecular flexibility index (Phi) is 4.08. The largest absolute Gasteiger partial charge is 0.409 e. The molecular weight excluding hydrogens is 347 g/mol. The maximum atomic E-state index is 13.1. The summed E-state index contributed by atoms with van der Waals surface area (Å²) in [6.45, 7) is 0. The van der Waals surface area contributed by atoms with Gasteiger partial charge in [-0.25, -0.2) is 14.1 Å². The summed E-state index contributed by atoms with van der Waals surface area (Å²) in [4.78, 5) is 4.31. The Balaban J connectivity index is 1.72. The minimum Gasteiger partial charge on any atom is -0.409 e. The lowest BCUT2D eigenvalue weighted by Crippen LogP contribution is -2.15. The summed E-state index contributed by atoms with van der Waals surface area (Å²) in [6.07, 6.45) is 3.15. The molecule has 27 heavy (non-hydrogen) atoms. The van der Waals surface area contributed by atoms with E-state index in [0.717, 1.165) is 28.8 Å². The van der Waals surface area contributed by atoms with Gasteiger partial charge in [0.1, 0.15) is 5.82 Å². The Bertz CT molecular complexity index is 1070. The molecule has 0 amide bonds. The number of nitrogen functional groups attached to an aromatic ring is 1. The van der Waals surface area contributed by atoms with Crippen LogP contribution in [-0.4, -0.2) is 26.4 Å². The van der Waals surface area contributed by atoms with Crippen LogP contribution in [0.5, 0.6) is 0 Å². The van der Waals surface area contributed by atoms with Gasteiger partial charge < -0.3 is 16.7 Å². The molecule has 0 bridgehead atoms. The van der Waals surface area contributed by atoms with Gasteiger partial charge in [-0.3, -0.25) is 0 Å². The number of aromatic nitrogens is 2. The molecule has 8 heteroatoms. The number of imidazole rings is 1. The van der Waals surface area contributed by atoms with E-state index in [1.807, 2.05) is 18.2 Å². The molecule has 1 heterocycles. The number of fused-ring (bicyclic) bond motifs is 1. The molecule has 1 aliphatic carbocycles. The van der Waals surface area contributed by atoms with Gasteiger partial charge in [0.2, 0.25) is 5.95 Å². The number of amidine groups is 1. The second-order valence-corrected chi connectivity index (χ2v) is 6.20. The zero-order valence-electron chi connectivity index (χ0n) is 14.3. The van der Waals surface area contributed by atoms with Crippen LogP contribution in [0.1, 0.15) is 23.1 Å². The van der Waals surface area contributed by atoms with Crippen LogP contribution in [0.4, 0.5) is 10.3 Å². The zero-order valence-corrected chi connectivity index (χ0v) is 14.3. The van der Waals surface area contributed by atoms with Gasteiger partial charge in [0.15, 0.2) is 5.84 Å². The Hall–Kier alpha value is -3.68. The number of hydrogen-bond acceptors (Lipinski definition) is 5. The van der Waals surface area contributed by atoms with Crippen molar-refractivity contribution in [3.05, 3.63) is 71.2 Å². The van der Waals surface area contributed by atoms with Crippen molar-refractivity contribution in [3.63, 3.8) is 0 Å². The van der Waals surface area contributed by atoms with E-state index in [0.29, 0.717) is 17.7 Å². The smallest absolute Gasteiger partial charge is 0.221 e. The Morgan fingerprint density at radius 3 is 2.67 bits per heavy atom. The molecule has 0 saturated carbocycles. The van der Waals surface area contributed by atoms with Crippen molar-refractivity contribution in [3.8, 4) is 11.3 Å². The van der Waals surface area contributed by atoms with Crippen molar-refractivity contribution in [1.82, 2.24) is 9.66 Å². The molecule has 0 spiro atoms. The summed E-state index contributed by atoms with van der Waals surface area (Å²) in [7, 11) is 0.